The molecule has 2 aliphatic rings. The van der Waals surface area contributed by atoms with Gasteiger partial charge >= 0.3 is 6.03 Å². The molecule has 2 N–H and O–H groups in total. The van der Waals surface area contributed by atoms with Crippen molar-refractivity contribution in [3.8, 4) is 0 Å². The average molecular weight is 394 g/mol. The van der Waals surface area contributed by atoms with Crippen LogP contribution in [0.15, 0.2) is 18.2 Å². The number of nitrogens with one attached hydrogen (secondary N) is 2. The Balaban J connectivity index is 1.66. The number of anilines is 2. The van der Waals surface area contributed by atoms with Crippen LogP contribution in [0.3, 0.4) is 0 Å². The predicted molar refractivity (Wildman–Crippen MR) is 99.9 cm³/mol. The first kappa shape index (κ1) is 19.2. The molecular formula is C17H22N4O5S. The number of fused-ring (bicyclic) bond motifs is 1. The van der Waals surface area contributed by atoms with E-state index in [0.29, 0.717) is 24.5 Å². The van der Waals surface area contributed by atoms with Gasteiger partial charge in [-0.1, -0.05) is 6.07 Å². The van der Waals surface area contributed by atoms with Crippen LogP contribution in [0, 0.1) is 0 Å². The molecule has 3 rings (SSSR count). The third-order valence-electron chi connectivity index (χ3n) is 4.57. The number of urea groups is 1. The van der Waals surface area contributed by atoms with Gasteiger partial charge in [-0.2, -0.15) is 0 Å². The zero-order valence-electron chi connectivity index (χ0n) is 15.0. The molecule has 1 fully saturated rings. The highest BCUT2D eigenvalue weighted by molar-refractivity contribution is 7.92. The maximum absolute atomic E-state index is 12.2. The minimum atomic E-state index is -3.39. The van der Waals surface area contributed by atoms with Gasteiger partial charge < -0.3 is 10.6 Å². The summed E-state index contributed by atoms with van der Waals surface area (Å²) in [6.45, 7) is 0.721. The maximum Gasteiger partial charge on any atom is 0.324 e. The first-order chi connectivity index (χ1) is 12.8. The molecule has 1 aromatic rings. The van der Waals surface area contributed by atoms with Crippen molar-refractivity contribution in [2.75, 3.05) is 35.5 Å². The van der Waals surface area contributed by atoms with E-state index in [4.69, 9.17) is 0 Å². The molecular weight excluding hydrogens is 372 g/mol. The minimum absolute atomic E-state index is 0.00307. The fourth-order valence-corrected chi connectivity index (χ4v) is 4.23. The summed E-state index contributed by atoms with van der Waals surface area (Å²) in [5.41, 5.74) is 1.97. The summed E-state index contributed by atoms with van der Waals surface area (Å²) in [5, 5.41) is 5.26. The zero-order chi connectivity index (χ0) is 19.6. The summed E-state index contributed by atoms with van der Waals surface area (Å²) in [7, 11) is -3.39. The molecule has 0 aromatic heterocycles. The Hall–Kier alpha value is -2.62. The number of amides is 4. The topological polar surface area (TPSA) is 116 Å². The fraction of sp³-hybridized carbons (Fsp3) is 0.471. The Bertz CT molecular complexity index is 867. The van der Waals surface area contributed by atoms with E-state index in [9.17, 15) is 22.8 Å². The highest BCUT2D eigenvalue weighted by atomic mass is 32.2. The van der Waals surface area contributed by atoms with E-state index >= 15 is 0 Å². The monoisotopic (exact) mass is 394 g/mol. The molecule has 0 aliphatic carbocycles. The molecule has 0 atom stereocenters. The van der Waals surface area contributed by atoms with Gasteiger partial charge in [-0.15, -0.1) is 0 Å². The van der Waals surface area contributed by atoms with Crippen molar-refractivity contribution in [3.05, 3.63) is 23.8 Å². The van der Waals surface area contributed by atoms with Crippen LogP contribution in [0.1, 0.15) is 24.8 Å². The highest BCUT2D eigenvalue weighted by Gasteiger charge is 2.26. The number of benzene rings is 1. The van der Waals surface area contributed by atoms with E-state index < -0.39 is 16.1 Å². The molecule has 2 heterocycles. The van der Waals surface area contributed by atoms with Crippen molar-refractivity contribution < 1.29 is 22.8 Å². The van der Waals surface area contributed by atoms with Gasteiger partial charge in [-0.05, 0) is 30.5 Å². The minimum Gasteiger partial charge on any atom is -0.337 e. The maximum atomic E-state index is 12.2. The molecule has 27 heavy (non-hydrogen) atoms. The normalized spacial score (nSPS) is 17.4. The third-order valence-corrected chi connectivity index (χ3v) is 5.75. The molecule has 2 aliphatic heterocycles. The summed E-state index contributed by atoms with van der Waals surface area (Å²) < 4.78 is 25.3. The second-order valence-corrected chi connectivity index (χ2v) is 8.51. The van der Waals surface area contributed by atoms with Crippen molar-refractivity contribution in [1.29, 1.82) is 0 Å². The lowest BCUT2D eigenvalue weighted by Gasteiger charge is -2.29. The highest BCUT2D eigenvalue weighted by Crippen LogP contribution is 2.31. The Morgan fingerprint density at radius 2 is 2.04 bits per heavy atom. The van der Waals surface area contributed by atoms with Gasteiger partial charge in [0.1, 0.15) is 0 Å². The van der Waals surface area contributed by atoms with Crippen molar-refractivity contribution in [1.82, 2.24) is 10.2 Å². The fourth-order valence-electron chi connectivity index (χ4n) is 3.25. The van der Waals surface area contributed by atoms with Crippen molar-refractivity contribution in [2.45, 2.75) is 25.7 Å². The van der Waals surface area contributed by atoms with E-state index in [0.717, 1.165) is 29.6 Å². The number of carbonyl (C=O) groups is 3. The van der Waals surface area contributed by atoms with Gasteiger partial charge in [0.2, 0.25) is 21.8 Å². The van der Waals surface area contributed by atoms with Gasteiger partial charge in [0.25, 0.3) is 0 Å². The first-order valence-corrected chi connectivity index (χ1v) is 10.6. The van der Waals surface area contributed by atoms with Crippen LogP contribution < -0.4 is 14.9 Å². The van der Waals surface area contributed by atoms with E-state index in [-0.39, 0.29) is 31.2 Å². The van der Waals surface area contributed by atoms with Crippen molar-refractivity contribution >= 4 is 39.2 Å². The molecule has 1 saturated heterocycles. The Morgan fingerprint density at radius 3 is 2.74 bits per heavy atom. The van der Waals surface area contributed by atoms with E-state index in [2.05, 4.69) is 10.6 Å². The molecule has 0 spiro atoms. The van der Waals surface area contributed by atoms with Gasteiger partial charge in [0.05, 0.1) is 11.9 Å². The molecule has 9 nitrogen and oxygen atoms in total. The van der Waals surface area contributed by atoms with Crippen molar-refractivity contribution in [3.63, 3.8) is 0 Å². The number of hydrogen-bond donors (Lipinski definition) is 2. The standard InChI is InChI=1S/C17H22N4O5S/c1-27(25,26)21-9-2-3-12-4-5-13(11-14(12)21)19-15(22)7-10-20-16(23)6-8-18-17(20)24/h4-5,11H,2-3,6-10H2,1H3,(H,18,24)(H,19,22). The second-order valence-electron chi connectivity index (χ2n) is 6.61. The third kappa shape index (κ3) is 4.38. The smallest absolute Gasteiger partial charge is 0.324 e. The summed E-state index contributed by atoms with van der Waals surface area (Å²) in [6.07, 6.45) is 2.87. The van der Waals surface area contributed by atoms with Gasteiger partial charge in [-0.25, -0.2) is 13.2 Å². The van der Waals surface area contributed by atoms with Crippen LogP contribution in [0.2, 0.25) is 0 Å². The predicted octanol–water partition coefficient (Wildman–Crippen LogP) is 0.669. The largest absolute Gasteiger partial charge is 0.337 e. The molecule has 0 radical (unpaired) electrons. The van der Waals surface area contributed by atoms with Gasteiger partial charge in [0.15, 0.2) is 0 Å². The summed E-state index contributed by atoms with van der Waals surface area (Å²) in [6, 6.07) is 4.69. The summed E-state index contributed by atoms with van der Waals surface area (Å²) in [4.78, 5) is 36.6. The number of sulfonamides is 1. The number of nitrogens with zero attached hydrogens (tertiary/aromatic N) is 2. The van der Waals surface area contributed by atoms with E-state index in [1.165, 1.54) is 4.31 Å². The second kappa shape index (κ2) is 7.55. The zero-order valence-corrected chi connectivity index (χ0v) is 15.8. The lowest BCUT2D eigenvalue weighted by Crippen LogP contribution is -2.50. The molecule has 0 bridgehead atoms. The molecule has 4 amide bonds. The SMILES string of the molecule is CS(=O)(=O)N1CCCc2ccc(NC(=O)CCN3C(=O)CCNC3=O)cc21. The summed E-state index contributed by atoms with van der Waals surface area (Å²) >= 11 is 0. The van der Waals surface area contributed by atoms with Crippen LogP contribution >= 0.6 is 0 Å². The average Bonchev–Trinajstić information content (AvgIpc) is 2.60. The summed E-state index contributed by atoms with van der Waals surface area (Å²) in [5.74, 6) is -0.660. The number of imide groups is 1. The molecule has 146 valence electrons. The lowest BCUT2D eigenvalue weighted by molar-refractivity contribution is -0.129. The molecule has 10 heteroatoms. The Kier molecular flexibility index (Phi) is 5.36. The van der Waals surface area contributed by atoms with E-state index in [1.54, 1.807) is 12.1 Å². The van der Waals surface area contributed by atoms with Crippen LogP contribution in [0.25, 0.3) is 0 Å². The van der Waals surface area contributed by atoms with E-state index in [1.807, 2.05) is 6.07 Å². The lowest BCUT2D eigenvalue weighted by atomic mass is 10.0. The van der Waals surface area contributed by atoms with Crippen LogP contribution in [-0.4, -0.2) is 57.1 Å². The van der Waals surface area contributed by atoms with Crippen LogP contribution in [0.4, 0.5) is 16.2 Å². The molecule has 1 aromatic carbocycles. The number of aryl methyl sites for hydroxylation is 1. The Morgan fingerprint density at radius 1 is 1.26 bits per heavy atom. The number of hydrogen-bond acceptors (Lipinski definition) is 5. The van der Waals surface area contributed by atoms with Gasteiger partial charge in [-0.3, -0.25) is 18.8 Å². The number of rotatable bonds is 5. The molecule has 0 saturated carbocycles. The molecule has 0 unspecified atom stereocenters. The Labute approximate surface area is 157 Å². The van der Waals surface area contributed by atoms with Gasteiger partial charge in [0, 0.05) is 38.2 Å². The van der Waals surface area contributed by atoms with Crippen LogP contribution in [0.5, 0.6) is 0 Å². The van der Waals surface area contributed by atoms with Crippen LogP contribution in [-0.2, 0) is 26.0 Å². The first-order valence-electron chi connectivity index (χ1n) is 8.74. The quantitative estimate of drug-likeness (QED) is 0.761. The van der Waals surface area contributed by atoms with Crippen molar-refractivity contribution in [2.24, 2.45) is 0 Å². The number of carbonyl (C=O) groups excluding carboxylic acids is 3.